The van der Waals surface area contributed by atoms with Gasteiger partial charge in [-0.05, 0) is 104 Å². The first-order valence-electron chi connectivity index (χ1n) is 11.5. The highest BCUT2D eigenvalue weighted by Gasteiger charge is 2.60. The van der Waals surface area contributed by atoms with E-state index in [1.165, 1.54) is 51.4 Å². The molecule has 144 valence electrons. The number of fused-ring (bicyclic) bond motifs is 5. The van der Waals surface area contributed by atoms with Crippen molar-refractivity contribution >= 4 is 15.9 Å². The van der Waals surface area contributed by atoms with Crippen molar-refractivity contribution in [1.82, 2.24) is 0 Å². The van der Waals surface area contributed by atoms with Gasteiger partial charge in [0.2, 0.25) is 0 Å². The second-order valence-corrected chi connectivity index (χ2v) is 12.3. The highest BCUT2D eigenvalue weighted by atomic mass is 79.9. The molecule has 1 heteroatoms. The first-order chi connectivity index (χ1) is 11.9. The number of halogens is 1. The lowest BCUT2D eigenvalue weighted by atomic mass is 9.44. The third kappa shape index (κ3) is 2.89. The summed E-state index contributed by atoms with van der Waals surface area (Å²) in [5.74, 6) is 6.13. The lowest BCUT2D eigenvalue weighted by Crippen LogP contribution is -2.53. The van der Waals surface area contributed by atoms with Gasteiger partial charge in [0.1, 0.15) is 0 Å². The fraction of sp³-hybridized carbons (Fsp3) is 1.00. The Morgan fingerprint density at radius 1 is 0.920 bits per heavy atom. The standard InChI is InChI=1S/C24H41Br/c1-5-6-16(2)20-9-10-21-19-8-7-17-15-18(25)11-13-23(17,3)22(19)12-14-24(20,21)4/h16-22H,5-15H2,1-4H3/t16-,17-,18?,19+,20-,21+,22+,23+,24-/m1/s1. The van der Waals surface area contributed by atoms with Crippen molar-refractivity contribution in [1.29, 1.82) is 0 Å². The van der Waals surface area contributed by atoms with Crippen LogP contribution in [0.5, 0.6) is 0 Å². The predicted molar refractivity (Wildman–Crippen MR) is 112 cm³/mol. The SMILES string of the molecule is CCC[C@@H](C)[C@H]1CC[C@H]2[C@@H]3CC[C@@H]4CC(Br)CC[C@]4(C)[C@H]3CC[C@]12C. The monoisotopic (exact) mass is 408 g/mol. The molecule has 4 rings (SSSR count). The summed E-state index contributed by atoms with van der Waals surface area (Å²) in [5, 5.41) is 0. The largest absolute Gasteiger partial charge is 0.0891 e. The van der Waals surface area contributed by atoms with E-state index in [1.54, 1.807) is 19.3 Å². The molecule has 0 aliphatic heterocycles. The van der Waals surface area contributed by atoms with E-state index in [9.17, 15) is 0 Å². The highest BCUT2D eigenvalue weighted by Crippen LogP contribution is 2.68. The zero-order valence-corrected chi connectivity index (χ0v) is 18.8. The van der Waals surface area contributed by atoms with E-state index in [0.29, 0.717) is 10.8 Å². The molecule has 4 aliphatic rings. The first-order valence-corrected chi connectivity index (χ1v) is 12.5. The minimum atomic E-state index is 0.668. The topological polar surface area (TPSA) is 0 Å². The van der Waals surface area contributed by atoms with Crippen molar-refractivity contribution in [3.63, 3.8) is 0 Å². The Morgan fingerprint density at radius 2 is 1.64 bits per heavy atom. The third-order valence-electron chi connectivity index (χ3n) is 10.1. The molecule has 4 aliphatic carbocycles. The smallest absolute Gasteiger partial charge is 0.0148 e. The van der Waals surface area contributed by atoms with E-state index >= 15 is 0 Å². The average molecular weight is 409 g/mol. The van der Waals surface area contributed by atoms with Gasteiger partial charge in [0.25, 0.3) is 0 Å². The minimum absolute atomic E-state index is 0.668. The zero-order chi connectivity index (χ0) is 17.8. The summed E-state index contributed by atoms with van der Waals surface area (Å²) in [5.41, 5.74) is 1.34. The molecule has 9 atom stereocenters. The van der Waals surface area contributed by atoms with Gasteiger partial charge in [-0.1, -0.05) is 56.5 Å². The Hall–Kier alpha value is 0.480. The summed E-state index contributed by atoms with van der Waals surface area (Å²) in [7, 11) is 0. The molecular weight excluding hydrogens is 368 g/mol. The molecule has 0 radical (unpaired) electrons. The molecule has 0 amide bonds. The predicted octanol–water partition coefficient (Wildman–Crippen LogP) is 7.85. The van der Waals surface area contributed by atoms with Crippen LogP contribution in [0.3, 0.4) is 0 Å². The first kappa shape index (κ1) is 18.8. The molecule has 0 aromatic carbocycles. The summed E-state index contributed by atoms with van der Waals surface area (Å²) in [6.07, 6.45) is 16.5. The second kappa shape index (κ2) is 6.82. The Morgan fingerprint density at radius 3 is 2.40 bits per heavy atom. The van der Waals surface area contributed by atoms with Crippen molar-refractivity contribution < 1.29 is 0 Å². The zero-order valence-electron chi connectivity index (χ0n) is 17.2. The van der Waals surface area contributed by atoms with Crippen LogP contribution in [0.2, 0.25) is 0 Å². The minimum Gasteiger partial charge on any atom is -0.0891 e. The molecule has 25 heavy (non-hydrogen) atoms. The number of rotatable bonds is 3. The van der Waals surface area contributed by atoms with Crippen molar-refractivity contribution in [3.8, 4) is 0 Å². The van der Waals surface area contributed by atoms with Gasteiger partial charge >= 0.3 is 0 Å². The van der Waals surface area contributed by atoms with Gasteiger partial charge < -0.3 is 0 Å². The van der Waals surface area contributed by atoms with Crippen LogP contribution in [0.4, 0.5) is 0 Å². The summed E-state index contributed by atoms with van der Waals surface area (Å²) in [6.45, 7) is 10.4. The van der Waals surface area contributed by atoms with E-state index in [0.717, 1.165) is 40.3 Å². The molecule has 0 bridgehead atoms. The Labute approximate surface area is 165 Å². The van der Waals surface area contributed by atoms with Gasteiger partial charge in [0, 0.05) is 4.83 Å². The van der Waals surface area contributed by atoms with Gasteiger partial charge in [0.05, 0.1) is 0 Å². The lowest BCUT2D eigenvalue weighted by molar-refractivity contribution is -0.113. The molecule has 4 saturated carbocycles. The number of alkyl halides is 1. The van der Waals surface area contributed by atoms with Crippen LogP contribution in [0.15, 0.2) is 0 Å². The van der Waals surface area contributed by atoms with Crippen LogP contribution in [-0.4, -0.2) is 4.83 Å². The van der Waals surface area contributed by atoms with Gasteiger partial charge in [0.15, 0.2) is 0 Å². The molecule has 0 spiro atoms. The van der Waals surface area contributed by atoms with Crippen molar-refractivity contribution in [3.05, 3.63) is 0 Å². The van der Waals surface area contributed by atoms with Crippen molar-refractivity contribution in [2.75, 3.05) is 0 Å². The molecule has 0 aromatic heterocycles. The molecule has 1 unspecified atom stereocenters. The van der Waals surface area contributed by atoms with Crippen LogP contribution in [-0.2, 0) is 0 Å². The van der Waals surface area contributed by atoms with Crippen molar-refractivity contribution in [2.24, 2.45) is 46.3 Å². The Balaban J connectivity index is 1.56. The van der Waals surface area contributed by atoms with Gasteiger partial charge in [-0.25, -0.2) is 0 Å². The molecule has 4 fully saturated rings. The van der Waals surface area contributed by atoms with E-state index in [-0.39, 0.29) is 0 Å². The average Bonchev–Trinajstić information content (AvgIpc) is 2.93. The van der Waals surface area contributed by atoms with Crippen molar-refractivity contribution in [2.45, 2.75) is 103 Å². The normalized spacial score (nSPS) is 53.6. The van der Waals surface area contributed by atoms with Gasteiger partial charge in [-0.15, -0.1) is 0 Å². The number of hydrogen-bond acceptors (Lipinski definition) is 0. The van der Waals surface area contributed by atoms with E-state index in [2.05, 4.69) is 43.6 Å². The molecule has 0 saturated heterocycles. The maximum absolute atomic E-state index is 3.95. The van der Waals surface area contributed by atoms with Crippen LogP contribution < -0.4 is 0 Å². The Bertz CT molecular complexity index is 486. The number of hydrogen-bond donors (Lipinski definition) is 0. The van der Waals surface area contributed by atoms with Crippen LogP contribution >= 0.6 is 15.9 Å². The molecule has 0 N–H and O–H groups in total. The molecule has 0 nitrogen and oxygen atoms in total. The molecule has 0 heterocycles. The van der Waals surface area contributed by atoms with Crippen LogP contribution in [0.25, 0.3) is 0 Å². The fourth-order valence-electron chi connectivity index (χ4n) is 8.84. The highest BCUT2D eigenvalue weighted by molar-refractivity contribution is 9.09. The van der Waals surface area contributed by atoms with E-state index in [1.807, 2.05) is 0 Å². The van der Waals surface area contributed by atoms with E-state index < -0.39 is 0 Å². The maximum Gasteiger partial charge on any atom is 0.0148 e. The summed E-state index contributed by atoms with van der Waals surface area (Å²) in [6, 6.07) is 0. The third-order valence-corrected chi connectivity index (χ3v) is 10.9. The van der Waals surface area contributed by atoms with Crippen LogP contribution in [0, 0.1) is 46.3 Å². The lowest BCUT2D eigenvalue weighted by Gasteiger charge is -2.61. The van der Waals surface area contributed by atoms with Crippen LogP contribution in [0.1, 0.15) is 98.3 Å². The summed E-state index contributed by atoms with van der Waals surface area (Å²) < 4.78 is 0. The summed E-state index contributed by atoms with van der Waals surface area (Å²) >= 11 is 3.95. The second-order valence-electron chi connectivity index (χ2n) is 11.0. The Kier molecular flexibility index (Phi) is 5.14. The van der Waals surface area contributed by atoms with Gasteiger partial charge in [-0.2, -0.15) is 0 Å². The molecular formula is C24H41Br. The fourth-order valence-corrected chi connectivity index (χ4v) is 9.52. The van der Waals surface area contributed by atoms with Gasteiger partial charge in [-0.3, -0.25) is 0 Å². The molecule has 0 aromatic rings. The van der Waals surface area contributed by atoms with E-state index in [4.69, 9.17) is 0 Å². The maximum atomic E-state index is 3.95. The summed E-state index contributed by atoms with van der Waals surface area (Å²) in [4.78, 5) is 0.807. The quantitative estimate of drug-likeness (QED) is 0.416.